The Balaban J connectivity index is 2.67. The fourth-order valence-corrected chi connectivity index (χ4v) is 3.67. The fraction of sp³-hybridized carbons (Fsp3) is 0.533. The van der Waals surface area contributed by atoms with Gasteiger partial charge < -0.3 is 4.90 Å². The molecule has 134 valence electrons. The first kappa shape index (κ1) is 18.6. The molecule has 1 aromatic carbocycles. The Morgan fingerprint density at radius 1 is 1.21 bits per heavy atom. The Labute approximate surface area is 139 Å². The second-order valence-corrected chi connectivity index (χ2v) is 8.08. The first-order chi connectivity index (χ1) is 10.9. The standard InChI is InChI=1S/C15H19F3N2O3S/c1-10(2)11-8-20(24(3,22)23)13-7-5-4-6-12(13)19(14(11)21)9-15(16,17)18/h4-7,10-11H,8-9H2,1-3H3/t11-/m1/s1. The molecule has 0 N–H and O–H groups in total. The van der Waals surface area contributed by atoms with Crippen molar-refractivity contribution in [2.24, 2.45) is 11.8 Å². The molecule has 1 amide bonds. The fourth-order valence-electron chi connectivity index (χ4n) is 2.73. The van der Waals surface area contributed by atoms with Gasteiger partial charge in [0.1, 0.15) is 6.54 Å². The van der Waals surface area contributed by atoms with Crippen LogP contribution >= 0.6 is 0 Å². The summed E-state index contributed by atoms with van der Waals surface area (Å²) in [4.78, 5) is 13.3. The van der Waals surface area contributed by atoms with Crippen molar-refractivity contribution in [3.8, 4) is 0 Å². The maximum absolute atomic E-state index is 13.0. The minimum Gasteiger partial charge on any atom is -0.301 e. The van der Waals surface area contributed by atoms with E-state index in [1.807, 2.05) is 0 Å². The number of sulfonamides is 1. The van der Waals surface area contributed by atoms with Gasteiger partial charge in [0.25, 0.3) is 0 Å². The maximum Gasteiger partial charge on any atom is 0.406 e. The van der Waals surface area contributed by atoms with E-state index in [0.29, 0.717) is 4.90 Å². The molecule has 0 radical (unpaired) electrons. The summed E-state index contributed by atoms with van der Waals surface area (Å²) < 4.78 is 64.2. The molecule has 1 aliphatic heterocycles. The predicted molar refractivity (Wildman–Crippen MR) is 85.4 cm³/mol. The van der Waals surface area contributed by atoms with Gasteiger partial charge in [-0.3, -0.25) is 9.10 Å². The first-order valence-corrected chi connectivity index (χ1v) is 9.21. The van der Waals surface area contributed by atoms with Gasteiger partial charge in [-0.15, -0.1) is 0 Å². The van der Waals surface area contributed by atoms with Crippen molar-refractivity contribution in [2.75, 3.05) is 28.6 Å². The molecule has 0 unspecified atom stereocenters. The van der Waals surface area contributed by atoms with Gasteiger partial charge in [-0.25, -0.2) is 8.42 Å². The first-order valence-electron chi connectivity index (χ1n) is 7.36. The van der Waals surface area contributed by atoms with E-state index in [-0.39, 0.29) is 23.8 Å². The van der Waals surface area contributed by atoms with E-state index in [2.05, 4.69) is 0 Å². The lowest BCUT2D eigenvalue weighted by molar-refractivity contribution is -0.135. The molecule has 0 bridgehead atoms. The Morgan fingerprint density at radius 2 is 1.75 bits per heavy atom. The van der Waals surface area contributed by atoms with Crippen LogP contribution in [0.3, 0.4) is 0 Å². The summed E-state index contributed by atoms with van der Waals surface area (Å²) >= 11 is 0. The number of hydrogen-bond donors (Lipinski definition) is 0. The van der Waals surface area contributed by atoms with E-state index in [4.69, 9.17) is 0 Å². The van der Waals surface area contributed by atoms with Crippen molar-refractivity contribution in [3.05, 3.63) is 24.3 Å². The number of hydrogen-bond acceptors (Lipinski definition) is 3. The largest absolute Gasteiger partial charge is 0.406 e. The van der Waals surface area contributed by atoms with Crippen LogP contribution in [0, 0.1) is 11.8 Å². The van der Waals surface area contributed by atoms with Crippen LogP contribution in [0.5, 0.6) is 0 Å². The number of fused-ring (bicyclic) bond motifs is 1. The van der Waals surface area contributed by atoms with Gasteiger partial charge >= 0.3 is 6.18 Å². The lowest BCUT2D eigenvalue weighted by atomic mass is 9.94. The predicted octanol–water partition coefficient (Wildman–Crippen LogP) is 2.63. The van der Waals surface area contributed by atoms with Gasteiger partial charge in [0, 0.05) is 6.54 Å². The zero-order valence-electron chi connectivity index (χ0n) is 13.5. The van der Waals surface area contributed by atoms with E-state index < -0.39 is 34.6 Å². The molecule has 0 fully saturated rings. The molecular formula is C15H19F3N2O3S. The Morgan fingerprint density at radius 3 is 2.21 bits per heavy atom. The molecule has 1 aromatic rings. The van der Waals surface area contributed by atoms with Crippen molar-refractivity contribution in [1.82, 2.24) is 0 Å². The quantitative estimate of drug-likeness (QED) is 0.829. The summed E-state index contributed by atoms with van der Waals surface area (Å²) in [5.74, 6) is -1.90. The minimum absolute atomic E-state index is 0.0478. The topological polar surface area (TPSA) is 57.7 Å². The van der Waals surface area contributed by atoms with Gasteiger partial charge in [-0.05, 0) is 18.1 Å². The molecule has 1 heterocycles. The van der Waals surface area contributed by atoms with Crippen LogP contribution < -0.4 is 9.21 Å². The lowest BCUT2D eigenvalue weighted by Gasteiger charge is -2.27. The summed E-state index contributed by atoms with van der Waals surface area (Å²) in [6.45, 7) is 1.74. The number of carbonyl (C=O) groups excluding carboxylic acids is 1. The van der Waals surface area contributed by atoms with Crippen molar-refractivity contribution < 1.29 is 26.4 Å². The third kappa shape index (κ3) is 3.82. The summed E-state index contributed by atoms with van der Waals surface area (Å²) in [5.41, 5.74) is 0.0363. The Hall–Kier alpha value is -1.77. The van der Waals surface area contributed by atoms with Crippen LogP contribution in [0.25, 0.3) is 0 Å². The molecule has 0 saturated heterocycles. The molecule has 5 nitrogen and oxygen atoms in total. The van der Waals surface area contributed by atoms with E-state index in [1.165, 1.54) is 24.3 Å². The smallest absolute Gasteiger partial charge is 0.301 e. The van der Waals surface area contributed by atoms with Crippen LogP contribution in [0.1, 0.15) is 13.8 Å². The van der Waals surface area contributed by atoms with Gasteiger partial charge in [0.2, 0.25) is 15.9 Å². The number of rotatable bonds is 3. The van der Waals surface area contributed by atoms with Crippen molar-refractivity contribution in [2.45, 2.75) is 20.0 Å². The van der Waals surface area contributed by atoms with Crippen molar-refractivity contribution >= 4 is 27.3 Å². The summed E-state index contributed by atoms with van der Waals surface area (Å²) in [6.07, 6.45) is -3.62. The number of benzene rings is 1. The Bertz CT molecular complexity index is 732. The number of para-hydroxylation sites is 2. The zero-order chi connectivity index (χ0) is 18.3. The van der Waals surface area contributed by atoms with Gasteiger partial charge in [0.05, 0.1) is 23.5 Å². The number of alkyl halides is 3. The van der Waals surface area contributed by atoms with E-state index >= 15 is 0 Å². The van der Waals surface area contributed by atoms with E-state index in [1.54, 1.807) is 13.8 Å². The maximum atomic E-state index is 13.0. The normalized spacial score (nSPS) is 19.5. The SMILES string of the molecule is CC(C)[C@H]1CN(S(C)(=O)=O)c2ccccc2N(CC(F)(F)F)C1=O. The zero-order valence-corrected chi connectivity index (χ0v) is 14.4. The van der Waals surface area contributed by atoms with Crippen LogP contribution in [-0.4, -0.2) is 39.8 Å². The van der Waals surface area contributed by atoms with Gasteiger partial charge in [-0.1, -0.05) is 26.0 Å². The second kappa shape index (κ2) is 6.27. The summed E-state index contributed by atoms with van der Waals surface area (Å²) in [6, 6.07) is 5.75. The van der Waals surface area contributed by atoms with Crippen molar-refractivity contribution in [3.63, 3.8) is 0 Å². The molecule has 0 aliphatic carbocycles. The number of halogens is 3. The summed E-state index contributed by atoms with van der Waals surface area (Å²) in [7, 11) is -3.75. The van der Waals surface area contributed by atoms with Crippen LogP contribution in [0.2, 0.25) is 0 Å². The molecule has 1 aliphatic rings. The number of nitrogens with zero attached hydrogens (tertiary/aromatic N) is 2. The highest BCUT2D eigenvalue weighted by Gasteiger charge is 2.42. The molecule has 1 atom stereocenters. The Kier molecular flexibility index (Phi) is 4.85. The average Bonchev–Trinajstić information content (AvgIpc) is 2.53. The van der Waals surface area contributed by atoms with E-state index in [9.17, 15) is 26.4 Å². The van der Waals surface area contributed by atoms with Gasteiger partial charge in [-0.2, -0.15) is 13.2 Å². The lowest BCUT2D eigenvalue weighted by Crippen LogP contribution is -2.45. The highest BCUT2D eigenvalue weighted by Crippen LogP contribution is 2.38. The van der Waals surface area contributed by atoms with Gasteiger partial charge in [0.15, 0.2) is 0 Å². The highest BCUT2D eigenvalue weighted by atomic mass is 32.2. The highest BCUT2D eigenvalue weighted by molar-refractivity contribution is 7.92. The van der Waals surface area contributed by atoms with Crippen molar-refractivity contribution in [1.29, 1.82) is 0 Å². The number of carbonyl (C=O) groups is 1. The third-order valence-electron chi connectivity index (χ3n) is 3.93. The van der Waals surface area contributed by atoms with E-state index in [0.717, 1.165) is 10.6 Å². The summed E-state index contributed by atoms with van der Waals surface area (Å²) in [5, 5.41) is 0. The molecule has 0 aromatic heterocycles. The molecule has 9 heteroatoms. The molecule has 2 rings (SSSR count). The second-order valence-electron chi connectivity index (χ2n) is 6.17. The minimum atomic E-state index is -4.59. The number of amides is 1. The average molecular weight is 364 g/mol. The van der Waals surface area contributed by atoms with Crippen LogP contribution in [0.15, 0.2) is 24.3 Å². The molecular weight excluding hydrogens is 345 g/mol. The van der Waals surface area contributed by atoms with Crippen LogP contribution in [-0.2, 0) is 14.8 Å². The molecule has 0 saturated carbocycles. The monoisotopic (exact) mass is 364 g/mol. The third-order valence-corrected chi connectivity index (χ3v) is 5.08. The number of anilines is 2. The molecule has 0 spiro atoms. The van der Waals surface area contributed by atoms with Crippen LogP contribution in [0.4, 0.5) is 24.5 Å². The molecule has 24 heavy (non-hydrogen) atoms.